The summed E-state index contributed by atoms with van der Waals surface area (Å²) in [5, 5.41) is 7.73. The summed E-state index contributed by atoms with van der Waals surface area (Å²) in [5.41, 5.74) is 1.69. The first-order valence-electron chi connectivity index (χ1n) is 12.1. The van der Waals surface area contributed by atoms with Crippen LogP contribution in [0.5, 0.6) is 5.75 Å². The molecule has 1 unspecified atom stereocenters. The van der Waals surface area contributed by atoms with E-state index in [-0.39, 0.29) is 22.1 Å². The molecule has 9 heteroatoms. The molecule has 1 saturated heterocycles. The van der Waals surface area contributed by atoms with E-state index in [4.69, 9.17) is 14.9 Å². The van der Waals surface area contributed by atoms with E-state index >= 15 is 0 Å². The molecule has 2 N–H and O–H groups in total. The highest BCUT2D eigenvalue weighted by atomic mass is 32.2. The molecule has 2 aliphatic rings. The van der Waals surface area contributed by atoms with Crippen molar-refractivity contribution in [1.29, 1.82) is 0 Å². The number of benzene rings is 3. The number of sulfonamides is 1. The molecular weight excluding hydrogens is 494 g/mol. The summed E-state index contributed by atoms with van der Waals surface area (Å²) in [5.74, 6) is 0.903. The van der Waals surface area contributed by atoms with Crippen LogP contribution < -0.4 is 9.88 Å². The highest BCUT2D eigenvalue weighted by Crippen LogP contribution is 2.38. The molecule has 5 rings (SSSR count). The van der Waals surface area contributed by atoms with Crippen molar-refractivity contribution in [3.05, 3.63) is 66.2 Å². The number of aliphatic imine (C=N–C) groups is 1. The number of fused-ring (bicyclic) bond motifs is 1. The fraction of sp³-hybridized carbons (Fsp3) is 0.333. The van der Waals surface area contributed by atoms with E-state index in [9.17, 15) is 13.2 Å². The van der Waals surface area contributed by atoms with Crippen LogP contribution in [0.2, 0.25) is 0 Å². The molecule has 1 amide bonds. The van der Waals surface area contributed by atoms with Crippen LogP contribution in [-0.4, -0.2) is 42.8 Å². The Morgan fingerprint density at radius 3 is 2.36 bits per heavy atom. The second-order valence-electron chi connectivity index (χ2n) is 9.22. The molecule has 1 aliphatic heterocycles. The standard InChI is InChI=1S/C27H29N3O4S2/c1-34-24-16-11-18(22-9-5-6-10-23(22)24)17-25-26(31)30(20-7-3-2-4-8-20)27(35-25)29-19-12-14-21(15-13-19)36(28,32)33/h5-6,9-16,20,25H,2-4,7-8,17H2,1H3,(H2,28,32,33). The lowest BCUT2D eigenvalue weighted by atomic mass is 9.94. The SMILES string of the molecule is COc1ccc(CC2SC(=Nc3ccc(S(N)(=O)=O)cc3)N(C3CCCCC3)C2=O)c2ccccc12. The molecule has 1 aliphatic carbocycles. The van der Waals surface area contributed by atoms with Crippen molar-refractivity contribution in [1.82, 2.24) is 4.90 Å². The van der Waals surface area contributed by atoms with Gasteiger partial charge in [0.1, 0.15) is 5.75 Å². The Morgan fingerprint density at radius 2 is 1.69 bits per heavy atom. The Bertz CT molecular complexity index is 1410. The summed E-state index contributed by atoms with van der Waals surface area (Å²) in [6.45, 7) is 0. The van der Waals surface area contributed by atoms with E-state index in [1.165, 1.54) is 30.3 Å². The first-order valence-corrected chi connectivity index (χ1v) is 14.5. The van der Waals surface area contributed by atoms with Gasteiger partial charge < -0.3 is 4.74 Å². The van der Waals surface area contributed by atoms with E-state index in [0.717, 1.165) is 47.8 Å². The fourth-order valence-corrected chi connectivity index (χ4v) is 6.84. The summed E-state index contributed by atoms with van der Waals surface area (Å²) < 4.78 is 28.8. The first-order chi connectivity index (χ1) is 17.3. The van der Waals surface area contributed by atoms with Crippen LogP contribution in [0.25, 0.3) is 10.8 Å². The minimum Gasteiger partial charge on any atom is -0.496 e. The summed E-state index contributed by atoms with van der Waals surface area (Å²) in [7, 11) is -2.11. The zero-order valence-corrected chi connectivity index (χ0v) is 21.7. The first kappa shape index (κ1) is 24.8. The fourth-order valence-electron chi connectivity index (χ4n) is 5.08. The van der Waals surface area contributed by atoms with Gasteiger partial charge in [-0.1, -0.05) is 61.4 Å². The summed E-state index contributed by atoms with van der Waals surface area (Å²) in [4.78, 5) is 20.5. The number of thioether (sulfide) groups is 1. The molecule has 0 bridgehead atoms. The Morgan fingerprint density at radius 1 is 1.00 bits per heavy atom. The predicted molar refractivity (Wildman–Crippen MR) is 144 cm³/mol. The number of nitrogens with zero attached hydrogens (tertiary/aromatic N) is 2. The number of rotatable bonds is 6. The molecule has 36 heavy (non-hydrogen) atoms. The van der Waals surface area contributed by atoms with E-state index < -0.39 is 10.0 Å². The van der Waals surface area contributed by atoms with Gasteiger partial charge >= 0.3 is 0 Å². The number of methoxy groups -OCH3 is 1. The van der Waals surface area contributed by atoms with Gasteiger partial charge in [-0.15, -0.1) is 0 Å². The molecule has 1 saturated carbocycles. The van der Waals surface area contributed by atoms with Gasteiger partial charge in [0.05, 0.1) is 22.9 Å². The highest BCUT2D eigenvalue weighted by molar-refractivity contribution is 8.15. The summed E-state index contributed by atoms with van der Waals surface area (Å²) >= 11 is 1.49. The second-order valence-corrected chi connectivity index (χ2v) is 11.9. The number of hydrogen-bond acceptors (Lipinski definition) is 6. The third-order valence-electron chi connectivity index (χ3n) is 6.90. The Labute approximate surface area is 215 Å². The summed E-state index contributed by atoms with van der Waals surface area (Å²) in [6.07, 6.45) is 5.91. The Hall–Kier alpha value is -2.88. The van der Waals surface area contributed by atoms with Crippen LogP contribution in [0.3, 0.4) is 0 Å². The molecular formula is C27H29N3O4S2. The molecule has 188 valence electrons. The average Bonchev–Trinajstić information content (AvgIpc) is 3.18. The minimum absolute atomic E-state index is 0.0370. The zero-order chi connectivity index (χ0) is 25.3. The van der Waals surface area contributed by atoms with Crippen LogP contribution in [0.4, 0.5) is 5.69 Å². The number of primary sulfonamides is 1. The van der Waals surface area contributed by atoms with Crippen LogP contribution in [0.15, 0.2) is 70.6 Å². The Kier molecular flexibility index (Phi) is 7.05. The van der Waals surface area contributed by atoms with Crippen molar-refractivity contribution < 1.29 is 17.9 Å². The lowest BCUT2D eigenvalue weighted by Crippen LogP contribution is -2.42. The third kappa shape index (κ3) is 5.00. The van der Waals surface area contributed by atoms with Crippen molar-refractivity contribution in [3.8, 4) is 5.75 Å². The monoisotopic (exact) mass is 523 g/mol. The maximum absolute atomic E-state index is 13.8. The number of carbonyl (C=O) groups excluding carboxylic acids is 1. The maximum atomic E-state index is 13.8. The predicted octanol–water partition coefficient (Wildman–Crippen LogP) is 5.00. The maximum Gasteiger partial charge on any atom is 0.242 e. The topological polar surface area (TPSA) is 102 Å². The van der Waals surface area contributed by atoms with Gasteiger partial charge in [0.2, 0.25) is 15.9 Å². The van der Waals surface area contributed by atoms with Gasteiger partial charge in [-0.3, -0.25) is 9.69 Å². The third-order valence-corrected chi connectivity index (χ3v) is 8.98. The van der Waals surface area contributed by atoms with Gasteiger partial charge in [-0.2, -0.15) is 0 Å². The molecule has 0 spiro atoms. The van der Waals surface area contributed by atoms with Crippen molar-refractivity contribution in [2.75, 3.05) is 7.11 Å². The van der Waals surface area contributed by atoms with E-state index in [1.54, 1.807) is 19.2 Å². The van der Waals surface area contributed by atoms with Crippen molar-refractivity contribution in [2.24, 2.45) is 10.1 Å². The summed E-state index contributed by atoms with van der Waals surface area (Å²) in [6, 6.07) is 18.4. The number of amides is 1. The lowest BCUT2D eigenvalue weighted by Gasteiger charge is -2.30. The number of ether oxygens (including phenoxy) is 1. The smallest absolute Gasteiger partial charge is 0.242 e. The van der Waals surface area contributed by atoms with Crippen molar-refractivity contribution in [2.45, 2.75) is 54.7 Å². The molecule has 0 aromatic heterocycles. The normalized spacial score (nSPS) is 20.4. The van der Waals surface area contributed by atoms with E-state index in [2.05, 4.69) is 6.07 Å². The van der Waals surface area contributed by atoms with Crippen LogP contribution >= 0.6 is 11.8 Å². The van der Waals surface area contributed by atoms with Gasteiger partial charge in [-0.25, -0.2) is 18.5 Å². The van der Waals surface area contributed by atoms with E-state index in [0.29, 0.717) is 17.3 Å². The van der Waals surface area contributed by atoms with Crippen LogP contribution in [0.1, 0.15) is 37.7 Å². The Balaban J connectivity index is 1.48. The van der Waals surface area contributed by atoms with Crippen molar-refractivity contribution >= 4 is 49.3 Å². The molecule has 7 nitrogen and oxygen atoms in total. The number of amidine groups is 1. The molecule has 0 radical (unpaired) electrons. The number of nitrogens with two attached hydrogens (primary N) is 1. The quantitative estimate of drug-likeness (QED) is 0.490. The molecule has 2 fully saturated rings. The van der Waals surface area contributed by atoms with Gasteiger partial charge in [0.15, 0.2) is 5.17 Å². The molecule has 3 aromatic rings. The molecule has 1 heterocycles. The van der Waals surface area contributed by atoms with Gasteiger partial charge in [-0.05, 0) is 60.5 Å². The van der Waals surface area contributed by atoms with E-state index in [1.807, 2.05) is 35.2 Å². The second kappa shape index (κ2) is 10.2. The largest absolute Gasteiger partial charge is 0.496 e. The number of carbonyl (C=O) groups is 1. The van der Waals surface area contributed by atoms with Crippen LogP contribution in [0, 0.1) is 0 Å². The van der Waals surface area contributed by atoms with Gasteiger partial charge in [0.25, 0.3) is 0 Å². The molecule has 3 aromatic carbocycles. The van der Waals surface area contributed by atoms with Gasteiger partial charge in [0, 0.05) is 11.4 Å². The molecule has 1 atom stereocenters. The van der Waals surface area contributed by atoms with Crippen LogP contribution in [-0.2, 0) is 21.2 Å². The van der Waals surface area contributed by atoms with Crippen molar-refractivity contribution in [3.63, 3.8) is 0 Å². The lowest BCUT2D eigenvalue weighted by molar-refractivity contribution is -0.128. The zero-order valence-electron chi connectivity index (χ0n) is 20.1. The minimum atomic E-state index is -3.78. The number of hydrogen-bond donors (Lipinski definition) is 1. The average molecular weight is 524 g/mol. The highest BCUT2D eigenvalue weighted by Gasteiger charge is 2.42.